The number of non-ortho nitro benzene ring substituents is 1. The molecule has 148 valence electrons. The molecular formula is C17H25N4O6+. The molecule has 1 aromatic rings. The Morgan fingerprint density at radius 3 is 2.63 bits per heavy atom. The number of nitrogens with one attached hydrogen (secondary N) is 2. The maximum atomic E-state index is 12.2. The third-order valence-electron chi connectivity index (χ3n) is 4.37. The van der Waals surface area contributed by atoms with Gasteiger partial charge in [0.25, 0.3) is 5.69 Å². The average Bonchev–Trinajstić information content (AvgIpc) is 2.66. The number of nitro benzene ring substituents is 1. The molecule has 0 radical (unpaired) electrons. The first kappa shape index (κ1) is 20.4. The zero-order valence-corrected chi connectivity index (χ0v) is 15.5. The number of carbonyl (C=O) groups excluding carboxylic acids is 2. The number of ether oxygens (including phenoxy) is 2. The number of anilines is 1. The van der Waals surface area contributed by atoms with Gasteiger partial charge in [0.05, 0.1) is 63.5 Å². The second kappa shape index (κ2) is 9.72. The molecule has 1 fully saturated rings. The fraction of sp³-hybridized carbons (Fsp3) is 0.529. The van der Waals surface area contributed by atoms with Crippen LogP contribution in [0.25, 0.3) is 0 Å². The molecule has 1 heterocycles. The summed E-state index contributed by atoms with van der Waals surface area (Å²) >= 11 is 0. The van der Waals surface area contributed by atoms with Crippen LogP contribution in [0.4, 0.5) is 16.2 Å². The first-order valence-electron chi connectivity index (χ1n) is 8.82. The van der Waals surface area contributed by atoms with Crippen LogP contribution in [0, 0.1) is 10.1 Å². The summed E-state index contributed by atoms with van der Waals surface area (Å²) in [7, 11) is 1.43. The topological polar surface area (TPSA) is 115 Å². The summed E-state index contributed by atoms with van der Waals surface area (Å²) in [5, 5.41) is 13.6. The van der Waals surface area contributed by atoms with E-state index < -0.39 is 4.92 Å². The predicted octanol–water partition coefficient (Wildman–Crippen LogP) is 0.289. The van der Waals surface area contributed by atoms with E-state index in [4.69, 9.17) is 9.47 Å². The summed E-state index contributed by atoms with van der Waals surface area (Å²) in [6.07, 6.45) is -0.0345. The van der Waals surface area contributed by atoms with E-state index in [9.17, 15) is 19.7 Å². The van der Waals surface area contributed by atoms with Crippen molar-refractivity contribution in [3.05, 3.63) is 28.3 Å². The number of benzene rings is 1. The highest BCUT2D eigenvalue weighted by Gasteiger charge is 2.25. The number of carbonyl (C=O) groups is 2. The number of nitrogens with zero attached hydrogens (tertiary/aromatic N) is 2. The molecule has 0 atom stereocenters. The number of rotatable bonds is 7. The van der Waals surface area contributed by atoms with Gasteiger partial charge in [-0.15, -0.1) is 0 Å². The number of amides is 2. The van der Waals surface area contributed by atoms with E-state index in [1.54, 1.807) is 11.8 Å². The molecule has 10 nitrogen and oxygen atoms in total. The Bertz CT molecular complexity index is 688. The molecule has 10 heteroatoms. The Morgan fingerprint density at radius 1 is 1.33 bits per heavy atom. The van der Waals surface area contributed by atoms with Crippen LogP contribution < -0.4 is 15.0 Å². The van der Waals surface area contributed by atoms with Gasteiger partial charge in [-0.3, -0.25) is 19.8 Å². The number of methoxy groups -OCH3 is 1. The largest absolute Gasteiger partial charge is 0.495 e. The molecular weight excluding hydrogens is 356 g/mol. The molecule has 0 bridgehead atoms. The smallest absolute Gasteiger partial charge is 0.410 e. The van der Waals surface area contributed by atoms with Gasteiger partial charge in [-0.2, -0.15) is 0 Å². The third-order valence-corrected chi connectivity index (χ3v) is 4.37. The van der Waals surface area contributed by atoms with E-state index in [1.165, 1.54) is 30.2 Å². The fourth-order valence-corrected chi connectivity index (χ4v) is 2.88. The van der Waals surface area contributed by atoms with Gasteiger partial charge in [-0.1, -0.05) is 0 Å². The molecule has 27 heavy (non-hydrogen) atoms. The number of quaternary nitrogens is 1. The van der Waals surface area contributed by atoms with Crippen molar-refractivity contribution in [2.45, 2.75) is 13.3 Å². The first-order chi connectivity index (χ1) is 12.9. The monoisotopic (exact) mass is 381 g/mol. The highest BCUT2D eigenvalue weighted by Crippen LogP contribution is 2.28. The van der Waals surface area contributed by atoms with Gasteiger partial charge in [0, 0.05) is 12.1 Å². The van der Waals surface area contributed by atoms with Gasteiger partial charge < -0.3 is 19.7 Å². The molecule has 0 aliphatic carbocycles. The lowest BCUT2D eigenvalue weighted by atomic mass is 10.2. The van der Waals surface area contributed by atoms with Crippen molar-refractivity contribution in [3.8, 4) is 5.75 Å². The van der Waals surface area contributed by atoms with Gasteiger partial charge in [0.1, 0.15) is 5.75 Å². The normalized spacial score (nSPS) is 14.5. The Balaban J connectivity index is 1.83. The summed E-state index contributed by atoms with van der Waals surface area (Å²) < 4.78 is 10.1. The van der Waals surface area contributed by atoms with Crippen LogP contribution in [-0.4, -0.2) is 68.3 Å². The molecule has 1 aliphatic heterocycles. The van der Waals surface area contributed by atoms with Crippen molar-refractivity contribution in [2.75, 3.05) is 51.8 Å². The second-order valence-corrected chi connectivity index (χ2v) is 6.13. The van der Waals surface area contributed by atoms with Crippen LogP contribution in [0.3, 0.4) is 0 Å². The zero-order valence-electron chi connectivity index (χ0n) is 15.5. The van der Waals surface area contributed by atoms with Crippen LogP contribution >= 0.6 is 0 Å². The van der Waals surface area contributed by atoms with Crippen molar-refractivity contribution in [2.24, 2.45) is 0 Å². The molecule has 2 rings (SSSR count). The van der Waals surface area contributed by atoms with E-state index in [-0.39, 0.29) is 29.8 Å². The minimum Gasteiger partial charge on any atom is -0.495 e. The summed E-state index contributed by atoms with van der Waals surface area (Å²) in [6.45, 7) is 5.41. The summed E-state index contributed by atoms with van der Waals surface area (Å²) in [4.78, 5) is 37.2. The van der Waals surface area contributed by atoms with Crippen LogP contribution in [0.1, 0.15) is 13.3 Å². The van der Waals surface area contributed by atoms with Gasteiger partial charge >= 0.3 is 6.09 Å². The number of piperazine rings is 1. The lowest BCUT2D eigenvalue weighted by Gasteiger charge is -2.31. The SMILES string of the molecule is CCOC(=O)N1CC[NH+](CCC(=O)Nc2cc([N+](=O)[O-])ccc2OC)CC1. The molecule has 0 aromatic heterocycles. The van der Waals surface area contributed by atoms with Crippen LogP contribution in [-0.2, 0) is 9.53 Å². The molecule has 0 saturated carbocycles. The quantitative estimate of drug-likeness (QED) is 0.518. The van der Waals surface area contributed by atoms with Gasteiger partial charge in [0.2, 0.25) is 5.91 Å². The highest BCUT2D eigenvalue weighted by atomic mass is 16.6. The lowest BCUT2D eigenvalue weighted by Crippen LogP contribution is -3.15. The van der Waals surface area contributed by atoms with Gasteiger partial charge in [-0.05, 0) is 13.0 Å². The molecule has 1 aliphatic rings. The van der Waals surface area contributed by atoms with Gasteiger partial charge in [0.15, 0.2) is 0 Å². The standard InChI is InChI=1S/C17H24N4O6/c1-3-27-17(23)20-10-8-19(9-11-20)7-6-16(22)18-14-12-13(21(24)25)4-5-15(14)26-2/h4-5,12H,3,6-11H2,1-2H3,(H,18,22)/p+1. The van der Waals surface area contributed by atoms with Crippen LogP contribution in [0.2, 0.25) is 0 Å². The van der Waals surface area contributed by atoms with E-state index >= 15 is 0 Å². The molecule has 1 saturated heterocycles. The fourth-order valence-electron chi connectivity index (χ4n) is 2.88. The summed E-state index contributed by atoms with van der Waals surface area (Å²) in [5.41, 5.74) is 0.158. The highest BCUT2D eigenvalue weighted by molar-refractivity contribution is 5.92. The Hall–Kier alpha value is -2.88. The first-order valence-corrected chi connectivity index (χ1v) is 8.82. The molecule has 2 N–H and O–H groups in total. The average molecular weight is 381 g/mol. The van der Waals surface area contributed by atoms with Gasteiger partial charge in [-0.25, -0.2) is 4.79 Å². The number of hydrogen-bond donors (Lipinski definition) is 2. The predicted molar refractivity (Wildman–Crippen MR) is 97.1 cm³/mol. The van der Waals surface area contributed by atoms with E-state index in [2.05, 4.69) is 5.32 Å². The molecule has 1 aromatic carbocycles. The maximum absolute atomic E-state index is 12.2. The van der Waals surface area contributed by atoms with Crippen molar-refractivity contribution in [1.82, 2.24) is 4.90 Å². The number of hydrogen-bond acceptors (Lipinski definition) is 6. The Kier molecular flexibility index (Phi) is 7.35. The second-order valence-electron chi connectivity index (χ2n) is 6.13. The van der Waals surface area contributed by atoms with Crippen LogP contribution in [0.5, 0.6) is 5.75 Å². The Labute approximate surface area is 157 Å². The minimum atomic E-state index is -0.526. The molecule has 2 amide bonds. The Morgan fingerprint density at radius 2 is 2.04 bits per heavy atom. The van der Waals surface area contributed by atoms with Crippen molar-refractivity contribution >= 4 is 23.4 Å². The van der Waals surface area contributed by atoms with Crippen molar-refractivity contribution < 1.29 is 28.9 Å². The zero-order chi connectivity index (χ0) is 19.8. The maximum Gasteiger partial charge on any atom is 0.410 e. The molecule has 0 unspecified atom stereocenters. The molecule has 0 spiro atoms. The van der Waals surface area contributed by atoms with Crippen molar-refractivity contribution in [3.63, 3.8) is 0 Å². The lowest BCUT2D eigenvalue weighted by molar-refractivity contribution is -0.903. The minimum absolute atomic E-state index is 0.119. The van der Waals surface area contributed by atoms with E-state index in [1.807, 2.05) is 0 Å². The summed E-state index contributed by atoms with van der Waals surface area (Å²) in [6, 6.07) is 4.05. The third kappa shape index (κ3) is 5.81. The van der Waals surface area contributed by atoms with E-state index in [0.717, 1.165) is 13.1 Å². The van der Waals surface area contributed by atoms with Crippen molar-refractivity contribution in [1.29, 1.82) is 0 Å². The number of nitro groups is 1. The summed E-state index contributed by atoms with van der Waals surface area (Å²) in [5.74, 6) is 0.124. The van der Waals surface area contributed by atoms with Crippen LogP contribution in [0.15, 0.2) is 18.2 Å². The van der Waals surface area contributed by atoms with E-state index in [0.29, 0.717) is 32.0 Å².